The van der Waals surface area contributed by atoms with Crippen LogP contribution in [0.1, 0.15) is 49.9 Å². The minimum atomic E-state index is -0.0618. The van der Waals surface area contributed by atoms with Crippen molar-refractivity contribution in [3.05, 3.63) is 113 Å². The van der Waals surface area contributed by atoms with Crippen LogP contribution in [0.15, 0.2) is 91.0 Å². The largest absolute Gasteiger partial charge is 0.276 e. The van der Waals surface area contributed by atoms with Gasteiger partial charge in [0.25, 0.3) is 0 Å². The van der Waals surface area contributed by atoms with E-state index in [4.69, 9.17) is 9.97 Å². The van der Waals surface area contributed by atoms with Gasteiger partial charge in [-0.1, -0.05) is 82.3 Å². The highest BCUT2D eigenvalue weighted by Crippen LogP contribution is 2.51. The Hall–Kier alpha value is -5.16. The first-order valence-corrected chi connectivity index (χ1v) is 15.1. The molecule has 43 heavy (non-hydrogen) atoms. The molecule has 0 unspecified atom stereocenters. The minimum Gasteiger partial charge on any atom is -0.276 e. The minimum absolute atomic E-state index is 0.0618. The number of rotatable bonds is 0. The Balaban J connectivity index is 1.27. The summed E-state index contributed by atoms with van der Waals surface area (Å²) >= 11 is 0. The lowest BCUT2D eigenvalue weighted by Gasteiger charge is -2.21. The number of nitrogens with zero attached hydrogens (tertiary/aromatic N) is 5. The van der Waals surface area contributed by atoms with E-state index in [9.17, 15) is 0 Å². The summed E-state index contributed by atoms with van der Waals surface area (Å²) in [5.41, 5.74) is 18.4. The third kappa shape index (κ3) is 2.32. The highest BCUT2D eigenvalue weighted by molar-refractivity contribution is 6.05. The Kier molecular flexibility index (Phi) is 3.51. The molecule has 0 spiro atoms. The standard InChI is InChI=1S/C38H27N5/c1-37(2)24-12-7-5-10-20(24)22-16-32-28(18-26(22)37)39-35-41(32)30-14-9-15-31-34(30)43(35)36-40-29-19-27-23(17-33(29)42(31)36)21-11-6-8-13-25(21)38(27,3)4/h5-19H,1-4H3. The van der Waals surface area contributed by atoms with Gasteiger partial charge in [-0.25, -0.2) is 14.4 Å². The molecule has 5 aromatic carbocycles. The van der Waals surface area contributed by atoms with Gasteiger partial charge in [0.15, 0.2) is 0 Å². The lowest BCUT2D eigenvalue weighted by Crippen LogP contribution is -2.14. The summed E-state index contributed by atoms with van der Waals surface area (Å²) in [4.78, 5) is 10.6. The lowest BCUT2D eigenvalue weighted by atomic mass is 9.82. The maximum absolute atomic E-state index is 5.32. The summed E-state index contributed by atoms with van der Waals surface area (Å²) in [5, 5.41) is 0. The first kappa shape index (κ1) is 22.4. The monoisotopic (exact) mass is 553 g/mol. The fourth-order valence-corrected chi connectivity index (χ4v) is 8.69. The molecule has 0 fully saturated rings. The fraction of sp³-hybridized carbons (Fsp3) is 0.158. The molecule has 4 heterocycles. The molecular formula is C38H27N5. The van der Waals surface area contributed by atoms with Crippen molar-refractivity contribution in [3.8, 4) is 22.3 Å². The van der Waals surface area contributed by atoms with Gasteiger partial charge in [-0.05, 0) is 80.9 Å². The van der Waals surface area contributed by atoms with Crippen LogP contribution in [0.3, 0.4) is 0 Å². The third-order valence-electron chi connectivity index (χ3n) is 10.8. The molecule has 0 saturated heterocycles. The first-order chi connectivity index (χ1) is 20.8. The SMILES string of the molecule is CC1(C)c2ccccc2-c2cc3c(cc21)nc1n3c2cccc3c2n1c1nc2cc4c(cc2n31)-c1ccccc1C4(C)C. The predicted molar refractivity (Wildman–Crippen MR) is 174 cm³/mol. The van der Waals surface area contributed by atoms with Gasteiger partial charge in [0.05, 0.1) is 33.1 Å². The van der Waals surface area contributed by atoms with Gasteiger partial charge in [-0.15, -0.1) is 0 Å². The molecular weight excluding hydrogens is 526 g/mol. The molecule has 9 aromatic rings. The topological polar surface area (TPSA) is 39.0 Å². The van der Waals surface area contributed by atoms with Gasteiger partial charge >= 0.3 is 0 Å². The van der Waals surface area contributed by atoms with E-state index < -0.39 is 0 Å². The van der Waals surface area contributed by atoms with Crippen molar-refractivity contribution in [1.29, 1.82) is 0 Å². The molecule has 0 amide bonds. The van der Waals surface area contributed by atoms with Crippen molar-refractivity contribution >= 4 is 50.2 Å². The van der Waals surface area contributed by atoms with E-state index >= 15 is 0 Å². The Bertz CT molecular complexity index is 2550. The van der Waals surface area contributed by atoms with E-state index in [0.29, 0.717) is 0 Å². The molecule has 0 N–H and O–H groups in total. The second-order valence-corrected chi connectivity index (χ2v) is 13.6. The van der Waals surface area contributed by atoms with Crippen LogP contribution >= 0.6 is 0 Å². The fourth-order valence-electron chi connectivity index (χ4n) is 8.69. The van der Waals surface area contributed by atoms with Crippen LogP contribution in [-0.4, -0.2) is 23.2 Å². The van der Waals surface area contributed by atoms with Crippen molar-refractivity contribution in [2.45, 2.75) is 38.5 Å². The van der Waals surface area contributed by atoms with Crippen molar-refractivity contribution in [3.63, 3.8) is 0 Å². The number of hydrogen-bond donors (Lipinski definition) is 0. The Morgan fingerprint density at radius 1 is 0.442 bits per heavy atom. The van der Waals surface area contributed by atoms with Crippen molar-refractivity contribution < 1.29 is 0 Å². The summed E-state index contributed by atoms with van der Waals surface area (Å²) < 4.78 is 6.95. The third-order valence-corrected chi connectivity index (χ3v) is 10.8. The van der Waals surface area contributed by atoms with E-state index in [1.807, 2.05) is 0 Å². The highest BCUT2D eigenvalue weighted by Gasteiger charge is 2.38. The van der Waals surface area contributed by atoms with Crippen molar-refractivity contribution in [2.75, 3.05) is 0 Å². The molecule has 204 valence electrons. The number of hydrogen-bond acceptors (Lipinski definition) is 2. The average Bonchev–Trinajstić information content (AvgIpc) is 3.80. The number of benzene rings is 5. The Labute approximate surface area is 247 Å². The smallest absolute Gasteiger partial charge is 0.223 e. The number of aromatic nitrogens is 5. The van der Waals surface area contributed by atoms with Crippen LogP contribution in [0.2, 0.25) is 0 Å². The zero-order valence-electron chi connectivity index (χ0n) is 24.4. The average molecular weight is 554 g/mol. The Morgan fingerprint density at radius 2 is 0.907 bits per heavy atom. The van der Waals surface area contributed by atoms with Gasteiger partial charge in [0.2, 0.25) is 11.6 Å². The molecule has 5 heteroatoms. The van der Waals surface area contributed by atoms with E-state index in [0.717, 1.165) is 44.7 Å². The van der Waals surface area contributed by atoms with Crippen LogP contribution in [-0.2, 0) is 10.8 Å². The Morgan fingerprint density at radius 3 is 1.40 bits per heavy atom. The van der Waals surface area contributed by atoms with Crippen LogP contribution in [0, 0.1) is 0 Å². The molecule has 5 nitrogen and oxygen atoms in total. The van der Waals surface area contributed by atoms with E-state index in [-0.39, 0.29) is 10.8 Å². The summed E-state index contributed by atoms with van der Waals surface area (Å²) in [7, 11) is 0. The molecule has 0 saturated carbocycles. The second-order valence-electron chi connectivity index (χ2n) is 13.6. The molecule has 0 aliphatic heterocycles. The van der Waals surface area contributed by atoms with Gasteiger partial charge in [0.1, 0.15) is 5.52 Å². The van der Waals surface area contributed by atoms with Crippen LogP contribution in [0.4, 0.5) is 0 Å². The quantitative estimate of drug-likeness (QED) is 0.188. The van der Waals surface area contributed by atoms with E-state index in [2.05, 4.69) is 132 Å². The first-order valence-electron chi connectivity index (χ1n) is 15.1. The van der Waals surface area contributed by atoms with Crippen LogP contribution in [0.25, 0.3) is 72.4 Å². The molecule has 2 aliphatic carbocycles. The zero-order valence-corrected chi connectivity index (χ0v) is 24.4. The van der Waals surface area contributed by atoms with Crippen LogP contribution in [0.5, 0.6) is 0 Å². The molecule has 11 rings (SSSR count). The summed E-state index contributed by atoms with van der Waals surface area (Å²) in [5.74, 6) is 1.83. The van der Waals surface area contributed by atoms with Crippen LogP contribution < -0.4 is 0 Å². The zero-order chi connectivity index (χ0) is 28.6. The van der Waals surface area contributed by atoms with Gasteiger partial charge in [0, 0.05) is 10.8 Å². The lowest BCUT2D eigenvalue weighted by molar-refractivity contribution is 0.661. The van der Waals surface area contributed by atoms with Crippen molar-refractivity contribution in [2.24, 2.45) is 0 Å². The molecule has 2 aliphatic rings. The summed E-state index contributed by atoms with van der Waals surface area (Å²) in [6.45, 7) is 9.31. The van der Waals surface area contributed by atoms with Gasteiger partial charge in [-0.2, -0.15) is 0 Å². The number of para-hydroxylation sites is 1. The molecule has 4 aromatic heterocycles. The van der Waals surface area contributed by atoms with Gasteiger partial charge < -0.3 is 0 Å². The predicted octanol–water partition coefficient (Wildman–Crippen LogP) is 8.74. The number of fused-ring (bicyclic) bond motifs is 16. The summed E-state index contributed by atoms with van der Waals surface area (Å²) in [6, 6.07) is 33.7. The van der Waals surface area contributed by atoms with E-state index in [1.165, 1.54) is 50.0 Å². The van der Waals surface area contributed by atoms with E-state index in [1.54, 1.807) is 0 Å². The maximum Gasteiger partial charge on any atom is 0.223 e. The second kappa shape index (κ2) is 6.73. The highest BCUT2D eigenvalue weighted by atomic mass is 15.3. The van der Waals surface area contributed by atoms with Crippen molar-refractivity contribution in [1.82, 2.24) is 23.2 Å². The van der Waals surface area contributed by atoms with Gasteiger partial charge in [-0.3, -0.25) is 8.80 Å². The number of imidazole rings is 4. The normalized spacial score (nSPS) is 16.3. The molecule has 0 atom stereocenters. The maximum atomic E-state index is 5.32. The summed E-state index contributed by atoms with van der Waals surface area (Å²) in [6.07, 6.45) is 0. The molecule has 0 radical (unpaired) electrons. The molecule has 0 bridgehead atoms.